The summed E-state index contributed by atoms with van der Waals surface area (Å²) in [5.74, 6) is 1.52. The number of fused-ring (bicyclic) bond motifs is 1. The van der Waals surface area contributed by atoms with Gasteiger partial charge in [-0.15, -0.1) is 16.4 Å². The van der Waals surface area contributed by atoms with E-state index in [0.717, 1.165) is 34.6 Å². The Morgan fingerprint density at radius 2 is 2.23 bits per heavy atom. The van der Waals surface area contributed by atoms with Crippen molar-refractivity contribution in [3.8, 4) is 11.4 Å². The molecule has 5 rings (SSSR count). The van der Waals surface area contributed by atoms with Crippen LogP contribution in [0.15, 0.2) is 47.2 Å². The molecule has 0 radical (unpaired) electrons. The van der Waals surface area contributed by atoms with Gasteiger partial charge in [0.2, 0.25) is 5.95 Å². The molecule has 0 amide bonds. The first-order valence-electron chi connectivity index (χ1n) is 8.66. The van der Waals surface area contributed by atoms with Crippen molar-refractivity contribution >= 4 is 23.1 Å². The van der Waals surface area contributed by atoms with Crippen LogP contribution in [0.1, 0.15) is 35.7 Å². The summed E-state index contributed by atoms with van der Waals surface area (Å²) >= 11 is 1.67. The average molecular weight is 363 g/mol. The summed E-state index contributed by atoms with van der Waals surface area (Å²) < 4.78 is 1.86. The van der Waals surface area contributed by atoms with Gasteiger partial charge in [-0.25, -0.2) is 4.68 Å². The van der Waals surface area contributed by atoms with E-state index in [1.54, 1.807) is 23.7 Å². The van der Waals surface area contributed by atoms with E-state index in [9.17, 15) is 4.79 Å². The van der Waals surface area contributed by atoms with Crippen LogP contribution in [0.4, 0.5) is 5.95 Å². The Balaban J connectivity index is 1.70. The number of Topliss-reactive ketones (excluding diaryl/α,β-unsaturated/α-hetero) is 1. The molecular formula is C19H17N5OS. The molecule has 3 aromatic rings. The minimum absolute atomic E-state index is 0.202. The van der Waals surface area contributed by atoms with Crippen molar-refractivity contribution in [2.45, 2.75) is 32.2 Å². The number of carbonyl (C=O) groups excluding carboxylic acids is 1. The topological polar surface area (TPSA) is 72.7 Å². The highest BCUT2D eigenvalue weighted by molar-refractivity contribution is 7.10. The van der Waals surface area contributed by atoms with Crippen molar-refractivity contribution < 1.29 is 4.79 Å². The largest absolute Gasteiger partial charge is 0.328 e. The summed E-state index contributed by atoms with van der Waals surface area (Å²) in [6.07, 6.45) is 5.84. The Labute approximate surface area is 154 Å². The molecule has 130 valence electrons. The number of carbonyl (C=O) groups is 1. The van der Waals surface area contributed by atoms with Crippen molar-refractivity contribution in [2.75, 3.05) is 5.32 Å². The lowest BCUT2D eigenvalue weighted by molar-refractivity contribution is -0.116. The van der Waals surface area contributed by atoms with Crippen LogP contribution in [-0.2, 0) is 4.79 Å². The number of aryl methyl sites for hydroxylation is 1. The second-order valence-electron chi connectivity index (χ2n) is 6.61. The number of pyridine rings is 1. The fourth-order valence-corrected chi connectivity index (χ4v) is 4.70. The van der Waals surface area contributed by atoms with E-state index >= 15 is 0 Å². The molecule has 1 unspecified atom stereocenters. The smallest absolute Gasteiger partial charge is 0.226 e. The van der Waals surface area contributed by atoms with E-state index in [0.29, 0.717) is 18.2 Å². The molecule has 6 nitrogen and oxygen atoms in total. The van der Waals surface area contributed by atoms with E-state index in [1.165, 1.54) is 5.56 Å². The van der Waals surface area contributed by atoms with Gasteiger partial charge in [0, 0.05) is 40.5 Å². The highest BCUT2D eigenvalue weighted by Gasteiger charge is 2.38. The second-order valence-corrected chi connectivity index (χ2v) is 7.56. The number of nitrogens with zero attached hydrogens (tertiary/aromatic N) is 4. The number of aromatic nitrogens is 4. The molecule has 7 heteroatoms. The van der Waals surface area contributed by atoms with Crippen LogP contribution in [0.25, 0.3) is 11.4 Å². The Bertz CT molecular complexity index is 1030. The molecule has 0 saturated heterocycles. The maximum Gasteiger partial charge on any atom is 0.226 e. The van der Waals surface area contributed by atoms with Gasteiger partial charge in [-0.2, -0.15) is 4.98 Å². The number of rotatable bonds is 2. The van der Waals surface area contributed by atoms with Gasteiger partial charge in [0.15, 0.2) is 11.6 Å². The highest BCUT2D eigenvalue weighted by Crippen LogP contribution is 2.42. The average Bonchev–Trinajstić information content (AvgIpc) is 3.27. The molecule has 0 spiro atoms. The molecule has 0 aromatic carbocycles. The molecule has 26 heavy (non-hydrogen) atoms. The van der Waals surface area contributed by atoms with Crippen LogP contribution in [-0.4, -0.2) is 25.5 Å². The normalized spacial score (nSPS) is 19.1. The molecule has 1 N–H and O–H groups in total. The molecule has 0 saturated carbocycles. The molecule has 3 aromatic heterocycles. The second kappa shape index (κ2) is 5.88. The Morgan fingerprint density at radius 1 is 1.31 bits per heavy atom. The molecule has 0 fully saturated rings. The van der Waals surface area contributed by atoms with Crippen molar-refractivity contribution in [1.82, 2.24) is 19.7 Å². The molecule has 0 bridgehead atoms. The quantitative estimate of drug-likeness (QED) is 0.751. The third-order valence-electron chi connectivity index (χ3n) is 4.94. The van der Waals surface area contributed by atoms with Gasteiger partial charge in [-0.1, -0.05) is 0 Å². The van der Waals surface area contributed by atoms with Crippen molar-refractivity contribution in [3.05, 3.63) is 57.7 Å². The highest BCUT2D eigenvalue weighted by atomic mass is 32.1. The zero-order valence-corrected chi connectivity index (χ0v) is 15.1. The first-order chi connectivity index (χ1) is 12.7. The van der Waals surface area contributed by atoms with Crippen molar-refractivity contribution in [1.29, 1.82) is 0 Å². The summed E-state index contributed by atoms with van der Waals surface area (Å²) in [6, 6.07) is 5.70. The third-order valence-corrected chi connectivity index (χ3v) is 6.01. The van der Waals surface area contributed by atoms with Crippen LogP contribution < -0.4 is 5.32 Å². The lowest BCUT2D eigenvalue weighted by Gasteiger charge is -2.31. The van der Waals surface area contributed by atoms with Gasteiger partial charge in [0.25, 0.3) is 0 Å². The summed E-state index contributed by atoms with van der Waals surface area (Å²) in [6.45, 7) is 2.08. The fourth-order valence-electron chi connectivity index (χ4n) is 3.68. The molecule has 4 heterocycles. The van der Waals surface area contributed by atoms with Crippen molar-refractivity contribution in [3.63, 3.8) is 0 Å². The number of allylic oxidation sites excluding steroid dienone is 2. The third kappa shape index (κ3) is 2.31. The van der Waals surface area contributed by atoms with E-state index < -0.39 is 0 Å². The SMILES string of the molecule is Cc1ccsc1C1C2=C(CCCC2=O)Nc2nc(-c3cccnc3)nn21. The van der Waals surface area contributed by atoms with Crippen molar-refractivity contribution in [2.24, 2.45) is 0 Å². The fraction of sp³-hybridized carbons (Fsp3) is 0.263. The van der Waals surface area contributed by atoms with Gasteiger partial charge in [0.05, 0.1) is 0 Å². The maximum absolute atomic E-state index is 12.8. The van der Waals surface area contributed by atoms with Crippen LogP contribution in [0, 0.1) is 6.92 Å². The number of ketones is 1. The van der Waals surface area contributed by atoms with Gasteiger partial charge in [-0.3, -0.25) is 9.78 Å². The monoisotopic (exact) mass is 363 g/mol. The van der Waals surface area contributed by atoms with Crippen LogP contribution in [0.5, 0.6) is 0 Å². The Kier molecular flexibility index (Phi) is 3.49. The number of nitrogens with one attached hydrogen (secondary N) is 1. The lowest BCUT2D eigenvalue weighted by Crippen LogP contribution is -2.31. The Morgan fingerprint density at radius 3 is 3.00 bits per heavy atom. The van der Waals surface area contributed by atoms with E-state index in [-0.39, 0.29) is 11.8 Å². The minimum atomic E-state index is -0.202. The lowest BCUT2D eigenvalue weighted by atomic mass is 9.87. The summed E-state index contributed by atoms with van der Waals surface area (Å²) in [5, 5.41) is 10.2. The standard InChI is InChI=1S/C19H17N5OS/c1-11-7-9-26-17(11)16-15-13(5-2-6-14(15)25)21-19-22-18(23-24(16)19)12-4-3-8-20-10-12/h3-4,7-10,16H,2,5-6H2,1H3,(H,21,22,23). The molecule has 2 aliphatic rings. The number of thiophene rings is 1. The van der Waals surface area contributed by atoms with E-state index in [4.69, 9.17) is 5.10 Å². The van der Waals surface area contributed by atoms with Gasteiger partial charge in [-0.05, 0) is 48.9 Å². The first kappa shape index (κ1) is 15.5. The maximum atomic E-state index is 12.8. The first-order valence-corrected chi connectivity index (χ1v) is 9.54. The number of hydrogen-bond acceptors (Lipinski definition) is 6. The molecule has 1 atom stereocenters. The predicted molar refractivity (Wildman–Crippen MR) is 100.0 cm³/mol. The molecule has 1 aliphatic carbocycles. The van der Waals surface area contributed by atoms with Gasteiger partial charge < -0.3 is 5.32 Å². The molecular weight excluding hydrogens is 346 g/mol. The van der Waals surface area contributed by atoms with E-state index in [1.807, 2.05) is 16.8 Å². The summed E-state index contributed by atoms with van der Waals surface area (Å²) in [4.78, 5) is 22.8. The number of anilines is 1. The summed E-state index contributed by atoms with van der Waals surface area (Å²) in [5.41, 5.74) is 3.88. The molecule has 1 aliphatic heterocycles. The van der Waals surface area contributed by atoms with Crippen LogP contribution in [0.3, 0.4) is 0 Å². The van der Waals surface area contributed by atoms with Gasteiger partial charge in [0.1, 0.15) is 6.04 Å². The van der Waals surface area contributed by atoms with E-state index in [2.05, 4.69) is 33.7 Å². The zero-order chi connectivity index (χ0) is 17.7. The minimum Gasteiger partial charge on any atom is -0.328 e. The Hall–Kier alpha value is -2.80. The van der Waals surface area contributed by atoms with Crippen LogP contribution >= 0.6 is 11.3 Å². The number of hydrogen-bond donors (Lipinski definition) is 1. The summed E-state index contributed by atoms with van der Waals surface area (Å²) in [7, 11) is 0. The van der Waals surface area contributed by atoms with Gasteiger partial charge >= 0.3 is 0 Å². The predicted octanol–water partition coefficient (Wildman–Crippen LogP) is 3.73. The van der Waals surface area contributed by atoms with Crippen LogP contribution in [0.2, 0.25) is 0 Å². The zero-order valence-electron chi connectivity index (χ0n) is 14.3.